The molecule has 0 aliphatic rings. The molecule has 0 spiro atoms. The van der Waals surface area contributed by atoms with E-state index in [1.165, 1.54) is 0 Å². The lowest BCUT2D eigenvalue weighted by Gasteiger charge is -2.09. The third-order valence-electron chi connectivity index (χ3n) is 2.76. The van der Waals surface area contributed by atoms with Crippen LogP contribution in [0.5, 0.6) is 5.75 Å². The standard InChI is InChI=1S/C16H20N2O3/c1-2-8-20-14-6-3-5-13(10-14)18-16(19)12-17-11-15-7-4-9-21-15/h3-7,9-10,17H,2,8,11-12H2,1H3,(H,18,19). The first kappa shape index (κ1) is 15.1. The van der Waals surface area contributed by atoms with Gasteiger partial charge in [-0.2, -0.15) is 0 Å². The van der Waals surface area contributed by atoms with E-state index in [-0.39, 0.29) is 12.5 Å². The molecule has 2 aromatic rings. The van der Waals surface area contributed by atoms with Crippen molar-refractivity contribution >= 4 is 11.6 Å². The fourth-order valence-electron chi connectivity index (χ4n) is 1.80. The van der Waals surface area contributed by atoms with Crippen LogP contribution in [0.15, 0.2) is 47.1 Å². The second-order valence-electron chi connectivity index (χ2n) is 4.61. The number of carbonyl (C=O) groups excluding carboxylic acids is 1. The molecular weight excluding hydrogens is 268 g/mol. The fourth-order valence-corrected chi connectivity index (χ4v) is 1.80. The summed E-state index contributed by atoms with van der Waals surface area (Å²) in [5.41, 5.74) is 0.730. The lowest BCUT2D eigenvalue weighted by Crippen LogP contribution is -2.27. The van der Waals surface area contributed by atoms with Crippen LogP contribution < -0.4 is 15.4 Å². The van der Waals surface area contributed by atoms with E-state index in [4.69, 9.17) is 9.15 Å². The van der Waals surface area contributed by atoms with Gasteiger partial charge in [-0.05, 0) is 30.7 Å². The maximum atomic E-state index is 11.8. The van der Waals surface area contributed by atoms with Gasteiger partial charge in [0.15, 0.2) is 0 Å². The zero-order chi connectivity index (χ0) is 14.9. The summed E-state index contributed by atoms with van der Waals surface area (Å²) >= 11 is 0. The van der Waals surface area contributed by atoms with E-state index in [1.807, 2.05) is 36.4 Å². The zero-order valence-corrected chi connectivity index (χ0v) is 12.1. The SMILES string of the molecule is CCCOc1cccc(NC(=O)CNCc2ccco2)c1. The molecule has 0 aliphatic heterocycles. The molecular formula is C16H20N2O3. The molecule has 0 radical (unpaired) electrons. The Hall–Kier alpha value is -2.27. The molecule has 1 aromatic carbocycles. The van der Waals surface area contributed by atoms with E-state index in [9.17, 15) is 4.79 Å². The molecule has 2 rings (SSSR count). The van der Waals surface area contributed by atoms with E-state index in [0.29, 0.717) is 13.2 Å². The summed E-state index contributed by atoms with van der Waals surface area (Å²) in [6, 6.07) is 11.1. The number of anilines is 1. The Morgan fingerprint density at radius 3 is 2.95 bits per heavy atom. The third kappa shape index (κ3) is 5.31. The molecule has 1 heterocycles. The summed E-state index contributed by atoms with van der Waals surface area (Å²) in [5, 5.41) is 5.85. The number of furan rings is 1. The summed E-state index contributed by atoms with van der Waals surface area (Å²) in [5.74, 6) is 1.46. The molecule has 5 nitrogen and oxygen atoms in total. The smallest absolute Gasteiger partial charge is 0.238 e. The second kappa shape index (κ2) is 8.11. The van der Waals surface area contributed by atoms with Crippen molar-refractivity contribution in [3.8, 4) is 5.75 Å². The highest BCUT2D eigenvalue weighted by Crippen LogP contribution is 2.17. The second-order valence-corrected chi connectivity index (χ2v) is 4.61. The summed E-state index contributed by atoms with van der Waals surface area (Å²) in [6.07, 6.45) is 2.56. The molecule has 1 amide bonds. The highest BCUT2D eigenvalue weighted by atomic mass is 16.5. The molecule has 112 valence electrons. The fraction of sp³-hybridized carbons (Fsp3) is 0.312. The van der Waals surface area contributed by atoms with Gasteiger partial charge in [-0.1, -0.05) is 13.0 Å². The van der Waals surface area contributed by atoms with Crippen LogP contribution in [0.3, 0.4) is 0 Å². The Balaban J connectivity index is 1.76. The van der Waals surface area contributed by atoms with Crippen LogP contribution in [0.25, 0.3) is 0 Å². The molecule has 0 fully saturated rings. The predicted octanol–water partition coefficient (Wildman–Crippen LogP) is 2.80. The normalized spacial score (nSPS) is 10.3. The first-order valence-corrected chi connectivity index (χ1v) is 7.03. The molecule has 0 unspecified atom stereocenters. The number of amides is 1. The van der Waals surface area contributed by atoms with Crippen LogP contribution in [0.2, 0.25) is 0 Å². The average molecular weight is 288 g/mol. The van der Waals surface area contributed by atoms with E-state index in [1.54, 1.807) is 6.26 Å². The van der Waals surface area contributed by atoms with Crippen LogP contribution >= 0.6 is 0 Å². The number of ether oxygens (including phenoxy) is 1. The van der Waals surface area contributed by atoms with Crippen LogP contribution in [-0.4, -0.2) is 19.1 Å². The van der Waals surface area contributed by atoms with Crippen LogP contribution in [0.1, 0.15) is 19.1 Å². The summed E-state index contributed by atoms with van der Waals surface area (Å²) in [4.78, 5) is 11.8. The van der Waals surface area contributed by atoms with Gasteiger partial charge in [0.05, 0.1) is 26.0 Å². The lowest BCUT2D eigenvalue weighted by atomic mass is 10.3. The maximum absolute atomic E-state index is 11.8. The molecule has 2 N–H and O–H groups in total. The number of nitrogens with one attached hydrogen (secondary N) is 2. The highest BCUT2D eigenvalue weighted by Gasteiger charge is 2.04. The molecule has 5 heteroatoms. The number of benzene rings is 1. The topological polar surface area (TPSA) is 63.5 Å². The summed E-state index contributed by atoms with van der Waals surface area (Å²) in [6.45, 7) is 3.47. The van der Waals surface area contributed by atoms with Gasteiger partial charge in [0.2, 0.25) is 5.91 Å². The lowest BCUT2D eigenvalue weighted by molar-refractivity contribution is -0.115. The van der Waals surface area contributed by atoms with Crippen molar-refractivity contribution in [2.75, 3.05) is 18.5 Å². The van der Waals surface area contributed by atoms with Crippen LogP contribution in [-0.2, 0) is 11.3 Å². The highest BCUT2D eigenvalue weighted by molar-refractivity contribution is 5.92. The largest absolute Gasteiger partial charge is 0.494 e. The van der Waals surface area contributed by atoms with Crippen LogP contribution in [0.4, 0.5) is 5.69 Å². The minimum absolute atomic E-state index is 0.103. The first-order valence-electron chi connectivity index (χ1n) is 7.03. The van der Waals surface area contributed by atoms with Crippen molar-refractivity contribution in [2.24, 2.45) is 0 Å². The molecule has 0 atom stereocenters. The first-order chi connectivity index (χ1) is 10.3. The van der Waals surface area contributed by atoms with Gasteiger partial charge < -0.3 is 19.8 Å². The van der Waals surface area contributed by atoms with Gasteiger partial charge in [0.25, 0.3) is 0 Å². The predicted molar refractivity (Wildman–Crippen MR) is 81.3 cm³/mol. The summed E-state index contributed by atoms with van der Waals surface area (Å²) < 4.78 is 10.7. The number of rotatable bonds is 8. The van der Waals surface area contributed by atoms with Gasteiger partial charge in [-0.15, -0.1) is 0 Å². The average Bonchev–Trinajstić information content (AvgIpc) is 2.99. The third-order valence-corrected chi connectivity index (χ3v) is 2.76. The van der Waals surface area contributed by atoms with Crippen molar-refractivity contribution < 1.29 is 13.9 Å². The van der Waals surface area contributed by atoms with Crippen molar-refractivity contribution in [1.82, 2.24) is 5.32 Å². The Bertz CT molecular complexity index is 552. The Morgan fingerprint density at radius 2 is 2.19 bits per heavy atom. The Morgan fingerprint density at radius 1 is 1.29 bits per heavy atom. The molecule has 0 bridgehead atoms. The van der Waals surface area contributed by atoms with Crippen molar-refractivity contribution in [1.29, 1.82) is 0 Å². The van der Waals surface area contributed by atoms with Gasteiger partial charge in [-0.3, -0.25) is 4.79 Å². The molecule has 21 heavy (non-hydrogen) atoms. The monoisotopic (exact) mass is 288 g/mol. The quantitative estimate of drug-likeness (QED) is 0.784. The van der Waals surface area contributed by atoms with Crippen molar-refractivity contribution in [2.45, 2.75) is 19.9 Å². The minimum atomic E-state index is -0.103. The zero-order valence-electron chi connectivity index (χ0n) is 12.1. The van der Waals surface area contributed by atoms with Gasteiger partial charge in [-0.25, -0.2) is 0 Å². The Labute approximate surface area is 124 Å². The maximum Gasteiger partial charge on any atom is 0.238 e. The van der Waals surface area contributed by atoms with E-state index >= 15 is 0 Å². The van der Waals surface area contributed by atoms with Crippen molar-refractivity contribution in [3.05, 3.63) is 48.4 Å². The summed E-state index contributed by atoms with van der Waals surface area (Å²) in [7, 11) is 0. The minimum Gasteiger partial charge on any atom is -0.494 e. The van der Waals surface area contributed by atoms with E-state index < -0.39 is 0 Å². The van der Waals surface area contributed by atoms with Gasteiger partial charge in [0.1, 0.15) is 11.5 Å². The molecule has 0 aliphatic carbocycles. The Kier molecular flexibility index (Phi) is 5.84. The molecule has 0 saturated heterocycles. The van der Waals surface area contributed by atoms with Crippen molar-refractivity contribution in [3.63, 3.8) is 0 Å². The number of hydrogen-bond acceptors (Lipinski definition) is 4. The number of hydrogen-bond donors (Lipinski definition) is 2. The van der Waals surface area contributed by atoms with E-state index in [2.05, 4.69) is 17.6 Å². The number of carbonyl (C=O) groups is 1. The molecule has 0 saturated carbocycles. The molecule has 1 aromatic heterocycles. The van der Waals surface area contributed by atoms with Gasteiger partial charge >= 0.3 is 0 Å². The van der Waals surface area contributed by atoms with E-state index in [0.717, 1.165) is 23.6 Å². The van der Waals surface area contributed by atoms with Crippen LogP contribution in [0, 0.1) is 0 Å². The van der Waals surface area contributed by atoms with Gasteiger partial charge in [0, 0.05) is 11.8 Å².